The first-order valence-electron chi connectivity index (χ1n) is 10.3. The maximum Gasteiger partial charge on any atom is 0.333 e. The molecule has 2 fully saturated rings. The van der Waals surface area contributed by atoms with Gasteiger partial charge in [-0.15, -0.1) is 0 Å². The fourth-order valence-corrected chi connectivity index (χ4v) is 4.64. The summed E-state index contributed by atoms with van der Waals surface area (Å²) < 4.78 is 29.5. The van der Waals surface area contributed by atoms with E-state index < -0.39 is 28.9 Å². The molecule has 2 atom stereocenters. The molecule has 4 aliphatic rings. The largest absolute Gasteiger partial charge is 0.479 e. The Bertz CT molecular complexity index is 831. The summed E-state index contributed by atoms with van der Waals surface area (Å²) in [5.74, 6) is -4.74. The molecule has 0 bridgehead atoms. The average molecular weight is 407 g/mol. The number of carbonyl (C=O) groups is 2. The van der Waals surface area contributed by atoms with E-state index in [2.05, 4.69) is 5.32 Å². The number of likely N-dealkylation sites (tertiary alicyclic amines) is 1. The molecule has 0 aromatic carbocycles. The second-order valence-electron chi connectivity index (χ2n) is 8.74. The van der Waals surface area contributed by atoms with E-state index in [4.69, 9.17) is 0 Å². The molecule has 8 heteroatoms. The molecule has 29 heavy (non-hydrogen) atoms. The van der Waals surface area contributed by atoms with Crippen LogP contribution in [0.3, 0.4) is 0 Å². The summed E-state index contributed by atoms with van der Waals surface area (Å²) in [5, 5.41) is 13.6. The number of nitrogens with zero attached hydrogens (tertiary/aromatic N) is 2. The van der Waals surface area contributed by atoms with Crippen molar-refractivity contribution in [3.05, 3.63) is 35.2 Å². The average Bonchev–Trinajstić information content (AvgIpc) is 3.40. The Kier molecular flexibility index (Phi) is 5.11. The van der Waals surface area contributed by atoms with Crippen molar-refractivity contribution in [3.8, 4) is 0 Å². The van der Waals surface area contributed by atoms with Crippen LogP contribution in [0.2, 0.25) is 0 Å². The van der Waals surface area contributed by atoms with Gasteiger partial charge >= 0.3 is 5.97 Å². The number of carbonyl (C=O) groups excluding carboxylic acids is 1. The molecule has 1 saturated heterocycles. The molecule has 2 heterocycles. The lowest BCUT2D eigenvalue weighted by molar-refractivity contribution is -0.146. The van der Waals surface area contributed by atoms with E-state index in [0.29, 0.717) is 24.8 Å². The van der Waals surface area contributed by atoms with Gasteiger partial charge in [0.1, 0.15) is 0 Å². The molecular formula is C21H27F2N3O3. The van der Waals surface area contributed by atoms with E-state index in [-0.39, 0.29) is 24.0 Å². The van der Waals surface area contributed by atoms with Crippen LogP contribution >= 0.6 is 0 Å². The van der Waals surface area contributed by atoms with E-state index in [1.165, 1.54) is 6.08 Å². The number of allylic oxidation sites excluding steroid dienone is 2. The van der Waals surface area contributed by atoms with Crippen molar-refractivity contribution in [2.75, 3.05) is 19.6 Å². The van der Waals surface area contributed by atoms with Crippen LogP contribution in [-0.4, -0.2) is 63.9 Å². The molecule has 1 saturated carbocycles. The van der Waals surface area contributed by atoms with Crippen LogP contribution in [-0.2, 0) is 9.59 Å². The number of nitrogens with one attached hydrogen (secondary N) is 1. The van der Waals surface area contributed by atoms with Gasteiger partial charge in [0.05, 0.1) is 6.42 Å². The first-order chi connectivity index (χ1) is 13.8. The lowest BCUT2D eigenvalue weighted by Crippen LogP contribution is -2.57. The van der Waals surface area contributed by atoms with Crippen LogP contribution in [0.1, 0.15) is 39.5 Å². The summed E-state index contributed by atoms with van der Waals surface area (Å²) in [6.07, 6.45) is 5.37. The van der Waals surface area contributed by atoms with E-state index in [1.807, 2.05) is 13.8 Å². The van der Waals surface area contributed by atoms with Crippen LogP contribution in [0.25, 0.3) is 0 Å². The molecule has 2 aliphatic heterocycles. The summed E-state index contributed by atoms with van der Waals surface area (Å²) in [6.45, 7) is 5.74. The highest BCUT2D eigenvalue weighted by Gasteiger charge is 2.55. The van der Waals surface area contributed by atoms with E-state index in [9.17, 15) is 19.1 Å². The van der Waals surface area contributed by atoms with Gasteiger partial charge in [0, 0.05) is 42.6 Å². The SMILES string of the molecule is CC(C)NCC1CCN(C2(C(=O)O)C=CN(C3CC3)C3=C2C(F)=C(F)C(=O)C3)C1. The predicted molar refractivity (Wildman–Crippen MR) is 103 cm³/mol. The predicted octanol–water partition coefficient (Wildman–Crippen LogP) is 2.50. The zero-order chi connectivity index (χ0) is 20.9. The Balaban J connectivity index is 1.74. The third-order valence-electron chi connectivity index (χ3n) is 6.31. The number of aliphatic carboxylic acids is 1. The van der Waals surface area contributed by atoms with Crippen molar-refractivity contribution < 1.29 is 23.5 Å². The molecule has 0 amide bonds. The molecule has 4 rings (SSSR count). The smallest absolute Gasteiger partial charge is 0.333 e. The van der Waals surface area contributed by atoms with Crippen molar-refractivity contribution in [2.24, 2.45) is 5.92 Å². The number of hydrogen-bond acceptors (Lipinski definition) is 5. The Morgan fingerprint density at radius 1 is 1.31 bits per heavy atom. The van der Waals surface area contributed by atoms with Gasteiger partial charge in [-0.25, -0.2) is 9.18 Å². The fourth-order valence-electron chi connectivity index (χ4n) is 4.64. The van der Waals surface area contributed by atoms with E-state index >= 15 is 4.39 Å². The van der Waals surface area contributed by atoms with Crippen molar-refractivity contribution in [1.82, 2.24) is 15.1 Å². The van der Waals surface area contributed by atoms with Gasteiger partial charge in [-0.1, -0.05) is 13.8 Å². The Labute approximate surface area is 168 Å². The highest BCUT2D eigenvalue weighted by molar-refractivity contribution is 6.00. The van der Waals surface area contributed by atoms with Crippen molar-refractivity contribution in [3.63, 3.8) is 0 Å². The number of rotatable bonds is 6. The third-order valence-corrected chi connectivity index (χ3v) is 6.31. The molecule has 0 spiro atoms. The number of halogens is 2. The van der Waals surface area contributed by atoms with Crippen molar-refractivity contribution in [1.29, 1.82) is 0 Å². The minimum Gasteiger partial charge on any atom is -0.479 e. The third kappa shape index (κ3) is 3.32. The van der Waals surface area contributed by atoms with Crippen molar-refractivity contribution >= 4 is 11.8 Å². The summed E-state index contributed by atoms with van der Waals surface area (Å²) in [7, 11) is 0. The van der Waals surface area contributed by atoms with E-state index in [0.717, 1.165) is 25.8 Å². The molecular weight excluding hydrogens is 380 g/mol. The molecule has 158 valence electrons. The number of hydrogen-bond donors (Lipinski definition) is 2. The topological polar surface area (TPSA) is 72.9 Å². The Morgan fingerprint density at radius 3 is 2.66 bits per heavy atom. The first kappa shape index (κ1) is 20.2. The Hall–Kier alpha value is -2.06. The van der Waals surface area contributed by atoms with Crippen molar-refractivity contribution in [2.45, 2.75) is 57.2 Å². The fraction of sp³-hybridized carbons (Fsp3) is 0.619. The van der Waals surface area contributed by atoms with Gasteiger partial charge in [0.25, 0.3) is 0 Å². The highest BCUT2D eigenvalue weighted by atomic mass is 19.2. The zero-order valence-electron chi connectivity index (χ0n) is 16.8. The maximum absolute atomic E-state index is 15.1. The van der Waals surface area contributed by atoms with Gasteiger partial charge in [-0.05, 0) is 37.8 Å². The van der Waals surface area contributed by atoms with Crippen LogP contribution < -0.4 is 5.32 Å². The summed E-state index contributed by atoms with van der Waals surface area (Å²) in [4.78, 5) is 28.1. The molecule has 0 aromatic rings. The molecule has 2 N–H and O–H groups in total. The minimum atomic E-state index is -1.80. The van der Waals surface area contributed by atoms with Crippen LogP contribution in [0.4, 0.5) is 8.78 Å². The number of carboxylic acid groups (broad SMARTS) is 1. The standard InChI is InChI=1S/C21H27F2N3O3/c1-12(2)24-10-13-5-7-25(11-13)21(20(28)29)6-8-26(14-3-4-14)15-9-16(27)18(22)19(23)17(15)21/h6,8,12-14,24H,3-5,7,9-11H2,1-2H3,(H,28,29). The quantitative estimate of drug-likeness (QED) is 0.705. The van der Waals surface area contributed by atoms with Crippen LogP contribution in [0.15, 0.2) is 35.2 Å². The monoisotopic (exact) mass is 407 g/mol. The second kappa shape index (κ2) is 7.32. The lowest BCUT2D eigenvalue weighted by Gasteiger charge is -2.44. The van der Waals surface area contributed by atoms with Crippen LogP contribution in [0.5, 0.6) is 0 Å². The maximum atomic E-state index is 15.1. The second-order valence-corrected chi connectivity index (χ2v) is 8.74. The van der Waals surface area contributed by atoms with Gasteiger partial charge in [0.2, 0.25) is 5.83 Å². The molecule has 2 aliphatic carbocycles. The molecule has 6 nitrogen and oxygen atoms in total. The lowest BCUT2D eigenvalue weighted by atomic mass is 9.79. The molecule has 2 unspecified atom stereocenters. The van der Waals surface area contributed by atoms with Gasteiger partial charge in [-0.3, -0.25) is 9.69 Å². The molecule has 0 aromatic heterocycles. The normalized spacial score (nSPS) is 30.6. The molecule has 0 radical (unpaired) electrons. The Morgan fingerprint density at radius 2 is 2.03 bits per heavy atom. The van der Waals surface area contributed by atoms with Crippen LogP contribution in [0, 0.1) is 5.92 Å². The van der Waals surface area contributed by atoms with E-state index in [1.54, 1.807) is 16.0 Å². The van der Waals surface area contributed by atoms with Gasteiger partial charge < -0.3 is 15.3 Å². The minimum absolute atomic E-state index is 0.117. The summed E-state index contributed by atoms with van der Waals surface area (Å²) >= 11 is 0. The summed E-state index contributed by atoms with van der Waals surface area (Å²) in [6, 6.07) is 0.429. The first-order valence-corrected chi connectivity index (χ1v) is 10.3. The van der Waals surface area contributed by atoms with Gasteiger partial charge in [-0.2, -0.15) is 4.39 Å². The zero-order valence-corrected chi connectivity index (χ0v) is 16.8. The highest BCUT2D eigenvalue weighted by Crippen LogP contribution is 2.48. The van der Waals surface area contributed by atoms with Gasteiger partial charge in [0.15, 0.2) is 17.1 Å². The number of Topliss-reactive ketones (excluding diaryl/α,β-unsaturated/α-hetero) is 1. The number of carboxylic acids is 1. The number of ketones is 1. The summed E-state index contributed by atoms with van der Waals surface area (Å²) in [5.41, 5.74) is -1.70.